The highest BCUT2D eigenvalue weighted by molar-refractivity contribution is 7.50. The second-order valence-electron chi connectivity index (χ2n) is 5.78. The van der Waals surface area contributed by atoms with Gasteiger partial charge < -0.3 is 0 Å². The molecule has 5 rings (SSSR count). The third-order valence-electron chi connectivity index (χ3n) is 4.47. The molecule has 0 N–H and O–H groups in total. The van der Waals surface area contributed by atoms with Crippen molar-refractivity contribution in [1.82, 2.24) is 0 Å². The maximum Gasteiger partial charge on any atom is 0.187 e. The Bertz CT molecular complexity index is 1110. The molecule has 5 aromatic rings. The van der Waals surface area contributed by atoms with Crippen molar-refractivity contribution in [2.75, 3.05) is 0 Å². The van der Waals surface area contributed by atoms with Crippen LogP contribution in [0.3, 0.4) is 0 Å². The van der Waals surface area contributed by atoms with E-state index in [2.05, 4.69) is 91.0 Å². The fraction of sp³-hybridized carbons (Fsp3) is 0. The summed E-state index contributed by atoms with van der Waals surface area (Å²) in [5.74, 6) is 0. The predicted molar refractivity (Wildman–Crippen MR) is 103 cm³/mol. The summed E-state index contributed by atoms with van der Waals surface area (Å²) < 4.78 is 2.90. The molecule has 0 nitrogen and oxygen atoms in total. The van der Waals surface area contributed by atoms with Crippen molar-refractivity contribution in [2.24, 2.45) is 0 Å². The highest BCUT2D eigenvalue weighted by Gasteiger charge is 2.24. The van der Waals surface area contributed by atoms with Gasteiger partial charge in [-0.25, -0.2) is 0 Å². The van der Waals surface area contributed by atoms with Crippen LogP contribution in [0.1, 0.15) is 0 Å². The Hall–Kier alpha value is -2.64. The minimum absolute atomic E-state index is 0.0151. The Morgan fingerprint density at radius 2 is 0.957 bits per heavy atom. The van der Waals surface area contributed by atoms with Crippen molar-refractivity contribution in [3.05, 3.63) is 91.0 Å². The summed E-state index contributed by atoms with van der Waals surface area (Å²) in [6, 6.07) is 33.1. The van der Waals surface area contributed by atoms with Crippen LogP contribution in [0.25, 0.3) is 35.8 Å². The molecule has 0 spiro atoms. The van der Waals surface area contributed by atoms with E-state index in [0.717, 1.165) is 0 Å². The SMILES string of the molecule is c1ccc2c(-[s+]3c4ccccc4c4ccccc43)cccc2c1. The standard InChI is InChI=1S/C22H15S/c1-2-10-17-16(8-1)9-7-15-20(17)23-21-13-5-3-11-18(21)19-12-4-6-14-22(19)23/h1-15H/q+1. The van der Waals surface area contributed by atoms with E-state index in [0.29, 0.717) is 0 Å². The molecule has 108 valence electrons. The minimum Gasteiger partial charge on any atom is -0.0616 e. The Kier molecular flexibility index (Phi) is 2.76. The Morgan fingerprint density at radius 3 is 1.65 bits per heavy atom. The van der Waals surface area contributed by atoms with E-state index < -0.39 is 0 Å². The van der Waals surface area contributed by atoms with Crippen molar-refractivity contribution >= 4 is 41.4 Å². The predicted octanol–water partition coefficient (Wildman–Crippen LogP) is 6.88. The van der Waals surface area contributed by atoms with Gasteiger partial charge in [-0.05, 0) is 41.8 Å². The fourth-order valence-corrected chi connectivity index (χ4v) is 6.02. The maximum absolute atomic E-state index is 2.30. The molecule has 0 aliphatic heterocycles. The molecule has 0 fully saturated rings. The molecule has 1 heterocycles. The van der Waals surface area contributed by atoms with Gasteiger partial charge >= 0.3 is 0 Å². The Labute approximate surface area is 137 Å². The van der Waals surface area contributed by atoms with Crippen molar-refractivity contribution in [2.45, 2.75) is 0 Å². The van der Waals surface area contributed by atoms with E-state index in [9.17, 15) is 0 Å². The van der Waals surface area contributed by atoms with Crippen LogP contribution in [0, 0.1) is 0 Å². The molecule has 4 aromatic carbocycles. The first-order valence-corrected chi connectivity index (χ1v) is 9.06. The lowest BCUT2D eigenvalue weighted by atomic mass is 10.1. The number of hydrogen-bond donors (Lipinski definition) is 0. The van der Waals surface area contributed by atoms with Crippen LogP contribution in [-0.2, 0) is 0 Å². The van der Waals surface area contributed by atoms with E-state index in [-0.39, 0.29) is 10.5 Å². The number of rotatable bonds is 1. The quantitative estimate of drug-likeness (QED) is 0.296. The lowest BCUT2D eigenvalue weighted by molar-refractivity contribution is 1.77. The highest BCUT2D eigenvalue weighted by atomic mass is 32.2. The van der Waals surface area contributed by atoms with Crippen LogP contribution in [0.5, 0.6) is 0 Å². The van der Waals surface area contributed by atoms with Gasteiger partial charge in [0.1, 0.15) is 0 Å². The zero-order chi connectivity index (χ0) is 15.2. The monoisotopic (exact) mass is 311 g/mol. The van der Waals surface area contributed by atoms with Crippen LogP contribution >= 0.6 is 10.5 Å². The third-order valence-corrected chi connectivity index (χ3v) is 6.86. The summed E-state index contributed by atoms with van der Waals surface area (Å²) in [7, 11) is -0.0151. The second kappa shape index (κ2) is 4.94. The zero-order valence-corrected chi connectivity index (χ0v) is 13.4. The number of benzene rings is 4. The lowest BCUT2D eigenvalue weighted by Crippen LogP contribution is -1.76. The molecule has 23 heavy (non-hydrogen) atoms. The summed E-state index contributed by atoms with van der Waals surface area (Å²) in [5.41, 5.74) is 0. The van der Waals surface area contributed by atoms with E-state index >= 15 is 0 Å². The van der Waals surface area contributed by atoms with Gasteiger partial charge in [-0.3, -0.25) is 0 Å². The Morgan fingerprint density at radius 1 is 0.435 bits per heavy atom. The smallest absolute Gasteiger partial charge is 0.0616 e. The van der Waals surface area contributed by atoms with E-state index in [4.69, 9.17) is 0 Å². The minimum atomic E-state index is -0.0151. The van der Waals surface area contributed by atoms with Gasteiger partial charge in [0, 0.05) is 26.6 Å². The lowest BCUT2D eigenvalue weighted by Gasteiger charge is -2.00. The summed E-state index contributed by atoms with van der Waals surface area (Å²) in [4.78, 5) is 1.43. The van der Waals surface area contributed by atoms with Gasteiger partial charge in [0.25, 0.3) is 0 Å². The van der Waals surface area contributed by atoms with E-state index in [1.54, 1.807) is 0 Å². The van der Waals surface area contributed by atoms with E-state index in [1.807, 2.05) is 0 Å². The summed E-state index contributed by atoms with van der Waals surface area (Å²) in [5, 5.41) is 5.46. The fourth-order valence-electron chi connectivity index (χ4n) is 3.46. The highest BCUT2D eigenvalue weighted by Crippen LogP contribution is 2.50. The normalized spacial score (nSPS) is 11.5. The van der Waals surface area contributed by atoms with Crippen LogP contribution in [0.4, 0.5) is 0 Å². The first kappa shape index (κ1) is 12.9. The Balaban J connectivity index is 2.03. The summed E-state index contributed by atoms with van der Waals surface area (Å²) in [6.45, 7) is 0. The molecule has 0 radical (unpaired) electrons. The molecule has 0 bridgehead atoms. The van der Waals surface area contributed by atoms with Gasteiger partial charge in [0.2, 0.25) is 0 Å². The molecule has 0 atom stereocenters. The van der Waals surface area contributed by atoms with E-state index in [1.165, 1.54) is 35.8 Å². The van der Waals surface area contributed by atoms with Crippen LogP contribution in [0.2, 0.25) is 0 Å². The average molecular weight is 311 g/mol. The summed E-state index contributed by atoms with van der Waals surface area (Å²) in [6.07, 6.45) is 0. The molecule has 1 aromatic heterocycles. The first-order chi connectivity index (χ1) is 11.4. The number of fused-ring (bicyclic) bond motifs is 4. The van der Waals surface area contributed by atoms with Gasteiger partial charge in [-0.1, -0.05) is 54.6 Å². The van der Waals surface area contributed by atoms with Gasteiger partial charge in [-0.2, -0.15) is 0 Å². The molecule has 0 saturated carbocycles. The molecule has 0 saturated heterocycles. The number of hydrogen-bond acceptors (Lipinski definition) is 0. The number of thiophene rings is 1. The van der Waals surface area contributed by atoms with Crippen LogP contribution in [0.15, 0.2) is 91.0 Å². The topological polar surface area (TPSA) is 0 Å². The van der Waals surface area contributed by atoms with Crippen molar-refractivity contribution < 1.29 is 0 Å². The molecule has 0 aliphatic carbocycles. The average Bonchev–Trinajstić information content (AvgIpc) is 2.96. The van der Waals surface area contributed by atoms with Gasteiger partial charge in [0.15, 0.2) is 14.3 Å². The second-order valence-corrected chi connectivity index (χ2v) is 7.71. The first-order valence-electron chi connectivity index (χ1n) is 7.84. The molecular formula is C22H15S+. The zero-order valence-electron chi connectivity index (χ0n) is 12.6. The molecule has 0 amide bonds. The van der Waals surface area contributed by atoms with Crippen LogP contribution < -0.4 is 0 Å². The van der Waals surface area contributed by atoms with Gasteiger partial charge in [0.05, 0.1) is 0 Å². The molecule has 0 unspecified atom stereocenters. The van der Waals surface area contributed by atoms with Gasteiger partial charge in [-0.15, -0.1) is 0 Å². The van der Waals surface area contributed by atoms with Crippen LogP contribution in [-0.4, -0.2) is 0 Å². The summed E-state index contributed by atoms with van der Waals surface area (Å²) >= 11 is 0. The molecule has 0 aliphatic rings. The van der Waals surface area contributed by atoms with Crippen molar-refractivity contribution in [3.8, 4) is 4.90 Å². The van der Waals surface area contributed by atoms with Crippen molar-refractivity contribution in [3.63, 3.8) is 0 Å². The molecule has 1 heteroatoms. The maximum atomic E-state index is 2.30. The molecular weight excluding hydrogens is 296 g/mol. The van der Waals surface area contributed by atoms with Crippen molar-refractivity contribution in [1.29, 1.82) is 0 Å². The third kappa shape index (κ3) is 1.84. The largest absolute Gasteiger partial charge is 0.187 e.